The monoisotopic (exact) mass is 223 g/mol. The predicted molar refractivity (Wildman–Crippen MR) is 64.8 cm³/mol. The molecule has 1 heterocycles. The normalized spacial score (nSPS) is 12.8. The predicted octanol–water partition coefficient (Wildman–Crippen LogP) is 1.11. The van der Waals surface area contributed by atoms with Crippen LogP contribution in [0, 0.1) is 5.92 Å². The van der Waals surface area contributed by atoms with E-state index in [9.17, 15) is 4.79 Å². The van der Waals surface area contributed by atoms with Gasteiger partial charge in [-0.25, -0.2) is 0 Å². The van der Waals surface area contributed by atoms with E-state index in [1.54, 1.807) is 0 Å². The van der Waals surface area contributed by atoms with Gasteiger partial charge in [0.15, 0.2) is 0 Å². The molecule has 0 aliphatic carbocycles. The van der Waals surface area contributed by atoms with Gasteiger partial charge in [0, 0.05) is 24.5 Å². The number of nitrogens with two attached hydrogens (primary N) is 1. The van der Waals surface area contributed by atoms with E-state index in [-0.39, 0.29) is 11.9 Å². The molecule has 0 bridgehead atoms. The highest BCUT2D eigenvalue weighted by Gasteiger charge is 2.11. The van der Waals surface area contributed by atoms with Crippen LogP contribution in [0.4, 0.5) is 0 Å². The molecule has 0 saturated heterocycles. The molecule has 90 valence electrons. The number of carbonyl (C=O) groups is 1. The zero-order valence-electron chi connectivity index (χ0n) is 10.2. The standard InChI is InChI=1S/C12H21N3O/c1-9(2)10(3)14-12(16)8-15-6-4-5-11(15)7-13/h4-6,9-10H,7-8,13H2,1-3H3,(H,14,16). The van der Waals surface area contributed by atoms with E-state index in [1.807, 2.05) is 29.8 Å². The summed E-state index contributed by atoms with van der Waals surface area (Å²) in [6.07, 6.45) is 1.88. The first-order chi connectivity index (χ1) is 7.54. The third-order valence-corrected chi connectivity index (χ3v) is 2.84. The molecule has 0 aliphatic rings. The zero-order chi connectivity index (χ0) is 12.1. The Morgan fingerprint density at radius 3 is 2.75 bits per heavy atom. The highest BCUT2D eigenvalue weighted by Crippen LogP contribution is 2.03. The van der Waals surface area contributed by atoms with Crippen LogP contribution in [-0.2, 0) is 17.9 Å². The summed E-state index contributed by atoms with van der Waals surface area (Å²) in [5, 5.41) is 2.97. The fourth-order valence-corrected chi connectivity index (χ4v) is 1.41. The summed E-state index contributed by atoms with van der Waals surface area (Å²) in [6.45, 7) is 7.00. The second kappa shape index (κ2) is 5.70. The van der Waals surface area contributed by atoms with Crippen LogP contribution in [0.3, 0.4) is 0 Å². The van der Waals surface area contributed by atoms with Crippen molar-refractivity contribution in [2.45, 2.75) is 39.9 Å². The highest BCUT2D eigenvalue weighted by molar-refractivity contribution is 5.76. The second-order valence-corrected chi connectivity index (χ2v) is 4.43. The molecule has 1 unspecified atom stereocenters. The summed E-state index contributed by atoms with van der Waals surface area (Å²) >= 11 is 0. The van der Waals surface area contributed by atoms with Crippen LogP contribution >= 0.6 is 0 Å². The van der Waals surface area contributed by atoms with Gasteiger partial charge in [0.2, 0.25) is 5.91 Å². The third-order valence-electron chi connectivity index (χ3n) is 2.84. The van der Waals surface area contributed by atoms with E-state index in [1.165, 1.54) is 0 Å². The zero-order valence-corrected chi connectivity index (χ0v) is 10.2. The van der Waals surface area contributed by atoms with Gasteiger partial charge in [0.05, 0.1) is 0 Å². The maximum atomic E-state index is 11.7. The number of nitrogens with one attached hydrogen (secondary N) is 1. The van der Waals surface area contributed by atoms with Gasteiger partial charge in [-0.2, -0.15) is 0 Å². The average molecular weight is 223 g/mol. The van der Waals surface area contributed by atoms with Crippen LogP contribution in [0.1, 0.15) is 26.5 Å². The molecule has 0 saturated carbocycles. The molecule has 0 fully saturated rings. The first-order valence-electron chi connectivity index (χ1n) is 5.68. The Morgan fingerprint density at radius 2 is 2.19 bits per heavy atom. The number of rotatable bonds is 5. The Labute approximate surface area is 96.8 Å². The van der Waals surface area contributed by atoms with Crippen molar-refractivity contribution in [3.63, 3.8) is 0 Å². The van der Waals surface area contributed by atoms with Crippen molar-refractivity contribution < 1.29 is 4.79 Å². The minimum atomic E-state index is 0.0344. The van der Waals surface area contributed by atoms with Gasteiger partial charge in [0.25, 0.3) is 0 Å². The SMILES string of the molecule is CC(C)C(C)NC(=O)Cn1cccc1CN. The lowest BCUT2D eigenvalue weighted by Crippen LogP contribution is -2.38. The second-order valence-electron chi connectivity index (χ2n) is 4.43. The topological polar surface area (TPSA) is 60.0 Å². The number of aromatic nitrogens is 1. The van der Waals surface area contributed by atoms with E-state index < -0.39 is 0 Å². The largest absolute Gasteiger partial charge is 0.352 e. The van der Waals surface area contributed by atoms with Crippen LogP contribution in [0.25, 0.3) is 0 Å². The number of hydrogen-bond acceptors (Lipinski definition) is 2. The van der Waals surface area contributed by atoms with Crippen molar-refractivity contribution in [1.29, 1.82) is 0 Å². The van der Waals surface area contributed by atoms with E-state index in [2.05, 4.69) is 19.2 Å². The van der Waals surface area contributed by atoms with Crippen molar-refractivity contribution >= 4 is 5.91 Å². The van der Waals surface area contributed by atoms with E-state index >= 15 is 0 Å². The molecule has 4 nitrogen and oxygen atoms in total. The Kier molecular flexibility index (Phi) is 4.55. The van der Waals surface area contributed by atoms with Crippen LogP contribution in [0.2, 0.25) is 0 Å². The highest BCUT2D eigenvalue weighted by atomic mass is 16.2. The molecule has 0 aliphatic heterocycles. The summed E-state index contributed by atoms with van der Waals surface area (Å²) in [5.74, 6) is 0.481. The number of carbonyl (C=O) groups excluding carboxylic acids is 1. The molecule has 0 radical (unpaired) electrons. The van der Waals surface area contributed by atoms with Crippen molar-refractivity contribution in [3.05, 3.63) is 24.0 Å². The van der Waals surface area contributed by atoms with Crippen molar-refractivity contribution in [1.82, 2.24) is 9.88 Å². The minimum absolute atomic E-state index is 0.0344. The Balaban J connectivity index is 2.52. The maximum Gasteiger partial charge on any atom is 0.240 e. The van der Waals surface area contributed by atoms with Crippen LogP contribution < -0.4 is 11.1 Å². The van der Waals surface area contributed by atoms with E-state index in [0.717, 1.165) is 5.69 Å². The molecular formula is C12H21N3O. The lowest BCUT2D eigenvalue weighted by molar-refractivity contribution is -0.122. The smallest absolute Gasteiger partial charge is 0.240 e. The number of amides is 1. The van der Waals surface area contributed by atoms with Gasteiger partial charge >= 0.3 is 0 Å². The van der Waals surface area contributed by atoms with Crippen molar-refractivity contribution in [2.24, 2.45) is 11.7 Å². The molecule has 4 heteroatoms. The number of nitrogens with zero attached hydrogens (tertiary/aromatic N) is 1. The number of hydrogen-bond donors (Lipinski definition) is 2. The van der Waals surface area contributed by atoms with E-state index in [0.29, 0.717) is 19.0 Å². The van der Waals surface area contributed by atoms with Gasteiger partial charge in [0.1, 0.15) is 6.54 Å². The van der Waals surface area contributed by atoms with Gasteiger partial charge in [-0.1, -0.05) is 13.8 Å². The molecule has 1 atom stereocenters. The molecule has 1 aromatic rings. The van der Waals surface area contributed by atoms with Gasteiger partial charge in [-0.05, 0) is 25.0 Å². The Morgan fingerprint density at radius 1 is 1.50 bits per heavy atom. The molecule has 16 heavy (non-hydrogen) atoms. The molecular weight excluding hydrogens is 202 g/mol. The molecule has 0 aromatic carbocycles. The Hall–Kier alpha value is -1.29. The van der Waals surface area contributed by atoms with Gasteiger partial charge in [-0.15, -0.1) is 0 Å². The summed E-state index contributed by atoms with van der Waals surface area (Å²) in [6, 6.07) is 4.03. The first kappa shape index (κ1) is 12.8. The fraction of sp³-hybridized carbons (Fsp3) is 0.583. The van der Waals surface area contributed by atoms with Crippen LogP contribution in [0.15, 0.2) is 18.3 Å². The lowest BCUT2D eigenvalue weighted by atomic mass is 10.1. The maximum absolute atomic E-state index is 11.7. The molecule has 1 amide bonds. The summed E-state index contributed by atoms with van der Waals surface area (Å²) in [7, 11) is 0. The molecule has 0 spiro atoms. The van der Waals surface area contributed by atoms with Crippen molar-refractivity contribution in [2.75, 3.05) is 0 Å². The minimum Gasteiger partial charge on any atom is -0.352 e. The van der Waals surface area contributed by atoms with E-state index in [4.69, 9.17) is 5.73 Å². The average Bonchev–Trinajstić information content (AvgIpc) is 2.64. The van der Waals surface area contributed by atoms with Gasteiger partial charge in [-0.3, -0.25) is 4.79 Å². The van der Waals surface area contributed by atoms with Gasteiger partial charge < -0.3 is 15.6 Å². The van der Waals surface area contributed by atoms with Crippen molar-refractivity contribution in [3.8, 4) is 0 Å². The summed E-state index contributed by atoms with van der Waals surface area (Å²) in [5.41, 5.74) is 6.55. The lowest BCUT2D eigenvalue weighted by Gasteiger charge is -2.18. The third kappa shape index (κ3) is 3.38. The molecule has 1 rings (SSSR count). The fourth-order valence-electron chi connectivity index (χ4n) is 1.41. The summed E-state index contributed by atoms with van der Waals surface area (Å²) in [4.78, 5) is 11.7. The van der Waals surface area contributed by atoms with Crippen LogP contribution in [0.5, 0.6) is 0 Å². The Bertz CT molecular complexity index is 344. The van der Waals surface area contributed by atoms with Crippen LogP contribution in [-0.4, -0.2) is 16.5 Å². The summed E-state index contributed by atoms with van der Waals surface area (Å²) < 4.78 is 1.88. The molecule has 1 aromatic heterocycles. The first-order valence-corrected chi connectivity index (χ1v) is 5.68. The molecule has 3 N–H and O–H groups in total. The quantitative estimate of drug-likeness (QED) is 0.785.